The molecule has 2 aromatic rings. The van der Waals surface area contributed by atoms with Crippen LogP contribution in [0, 0.1) is 18.6 Å². The minimum absolute atomic E-state index is 0.385. The first-order chi connectivity index (χ1) is 9.04. The van der Waals surface area contributed by atoms with Crippen LogP contribution in [0.4, 0.5) is 8.78 Å². The summed E-state index contributed by atoms with van der Waals surface area (Å²) in [4.78, 5) is 4.24. The molecule has 0 amide bonds. The maximum atomic E-state index is 14.0. The number of halogens is 2. The Hall–Kier alpha value is -1.75. The molecule has 0 aliphatic carbocycles. The third kappa shape index (κ3) is 2.66. The molecule has 3 nitrogen and oxygen atoms in total. The molecule has 0 saturated heterocycles. The number of imidazole rings is 1. The minimum atomic E-state index is -0.558. The number of rotatable bonds is 4. The van der Waals surface area contributed by atoms with E-state index in [0.29, 0.717) is 23.5 Å². The van der Waals surface area contributed by atoms with Crippen molar-refractivity contribution in [2.45, 2.75) is 19.9 Å². The fraction of sp³-hybridized carbons (Fsp3) is 0.357. The molecule has 0 fully saturated rings. The van der Waals surface area contributed by atoms with E-state index in [1.54, 1.807) is 19.3 Å². The molecule has 0 radical (unpaired) electrons. The molecule has 1 N–H and O–H groups in total. The summed E-state index contributed by atoms with van der Waals surface area (Å²) in [5.41, 5.74) is 0.837. The predicted molar refractivity (Wildman–Crippen MR) is 69.8 cm³/mol. The fourth-order valence-corrected chi connectivity index (χ4v) is 2.10. The van der Waals surface area contributed by atoms with Gasteiger partial charge in [-0.05, 0) is 25.1 Å². The van der Waals surface area contributed by atoms with Crippen molar-refractivity contribution in [3.05, 3.63) is 53.1 Å². The first-order valence-electron chi connectivity index (χ1n) is 6.20. The summed E-state index contributed by atoms with van der Waals surface area (Å²) in [6.07, 6.45) is 3.46. The summed E-state index contributed by atoms with van der Waals surface area (Å²) in [5, 5.41) is 3.18. The lowest BCUT2D eigenvalue weighted by atomic mass is 10.0. The Morgan fingerprint density at radius 2 is 2.05 bits per heavy atom. The molecule has 102 valence electrons. The Morgan fingerprint density at radius 1 is 1.32 bits per heavy atom. The molecule has 0 bridgehead atoms. The normalized spacial score (nSPS) is 12.7. The molecule has 1 unspecified atom stereocenters. The van der Waals surface area contributed by atoms with Crippen LogP contribution in [0.3, 0.4) is 0 Å². The van der Waals surface area contributed by atoms with Crippen molar-refractivity contribution in [3.8, 4) is 0 Å². The van der Waals surface area contributed by atoms with Crippen molar-refractivity contribution in [2.75, 3.05) is 6.54 Å². The van der Waals surface area contributed by atoms with Crippen LogP contribution < -0.4 is 5.32 Å². The molecular weight excluding hydrogens is 248 g/mol. The van der Waals surface area contributed by atoms with Crippen molar-refractivity contribution in [1.29, 1.82) is 0 Å². The van der Waals surface area contributed by atoms with Gasteiger partial charge in [-0.15, -0.1) is 0 Å². The Labute approximate surface area is 111 Å². The molecule has 1 atom stereocenters. The molecule has 1 heterocycles. The number of hydrogen-bond donors (Lipinski definition) is 1. The molecule has 0 saturated carbocycles. The summed E-state index contributed by atoms with van der Waals surface area (Å²) in [5.74, 6) is -0.389. The second-order valence-electron chi connectivity index (χ2n) is 4.51. The van der Waals surface area contributed by atoms with Gasteiger partial charge in [-0.1, -0.05) is 6.92 Å². The Balaban J connectivity index is 2.51. The SMILES string of the molecule is CCNC(c1cc(C)c(F)cc1F)c1nccn1C. The van der Waals surface area contributed by atoms with Gasteiger partial charge in [-0.3, -0.25) is 0 Å². The zero-order valence-corrected chi connectivity index (χ0v) is 11.2. The Bertz CT molecular complexity index is 578. The van der Waals surface area contributed by atoms with E-state index in [9.17, 15) is 8.78 Å². The fourth-order valence-electron chi connectivity index (χ4n) is 2.10. The second kappa shape index (κ2) is 5.48. The third-order valence-corrected chi connectivity index (χ3v) is 3.11. The maximum Gasteiger partial charge on any atom is 0.131 e. The maximum absolute atomic E-state index is 14.0. The number of aromatic nitrogens is 2. The van der Waals surface area contributed by atoms with E-state index < -0.39 is 11.6 Å². The van der Waals surface area contributed by atoms with Crippen LogP contribution in [-0.4, -0.2) is 16.1 Å². The monoisotopic (exact) mass is 265 g/mol. The second-order valence-corrected chi connectivity index (χ2v) is 4.51. The van der Waals surface area contributed by atoms with Crippen LogP contribution in [-0.2, 0) is 7.05 Å². The average molecular weight is 265 g/mol. The third-order valence-electron chi connectivity index (χ3n) is 3.11. The van der Waals surface area contributed by atoms with Crippen LogP contribution in [0.15, 0.2) is 24.5 Å². The number of benzene rings is 1. The molecule has 0 aliphatic rings. The smallest absolute Gasteiger partial charge is 0.131 e. The Morgan fingerprint density at radius 3 is 2.63 bits per heavy atom. The number of nitrogens with one attached hydrogen (secondary N) is 1. The first kappa shape index (κ1) is 13.7. The van der Waals surface area contributed by atoms with Gasteiger partial charge < -0.3 is 9.88 Å². The first-order valence-corrected chi connectivity index (χ1v) is 6.20. The van der Waals surface area contributed by atoms with E-state index in [1.807, 2.05) is 18.5 Å². The summed E-state index contributed by atoms with van der Waals surface area (Å²) in [7, 11) is 1.85. The molecule has 1 aromatic carbocycles. The van der Waals surface area contributed by atoms with Crippen LogP contribution >= 0.6 is 0 Å². The molecular formula is C14H17F2N3. The van der Waals surface area contributed by atoms with Gasteiger partial charge in [0.15, 0.2) is 0 Å². The van der Waals surface area contributed by atoms with Crippen LogP contribution in [0.2, 0.25) is 0 Å². The van der Waals surface area contributed by atoms with Gasteiger partial charge in [0.1, 0.15) is 17.5 Å². The van der Waals surface area contributed by atoms with E-state index in [2.05, 4.69) is 10.3 Å². The summed E-state index contributed by atoms with van der Waals surface area (Å²) in [6.45, 7) is 4.22. The molecule has 0 aliphatic heterocycles. The molecule has 1 aromatic heterocycles. The highest BCUT2D eigenvalue weighted by molar-refractivity contribution is 5.32. The van der Waals surface area contributed by atoms with Crippen LogP contribution in [0.5, 0.6) is 0 Å². The molecule has 19 heavy (non-hydrogen) atoms. The van der Waals surface area contributed by atoms with Gasteiger partial charge in [0.25, 0.3) is 0 Å². The van der Waals surface area contributed by atoms with Crippen molar-refractivity contribution >= 4 is 0 Å². The molecule has 0 spiro atoms. The van der Waals surface area contributed by atoms with E-state index in [-0.39, 0.29) is 6.04 Å². The van der Waals surface area contributed by atoms with Gasteiger partial charge in [0.05, 0.1) is 6.04 Å². The van der Waals surface area contributed by atoms with E-state index in [1.165, 1.54) is 6.07 Å². The van der Waals surface area contributed by atoms with Gasteiger partial charge in [0.2, 0.25) is 0 Å². The van der Waals surface area contributed by atoms with Gasteiger partial charge in [-0.25, -0.2) is 13.8 Å². The zero-order valence-electron chi connectivity index (χ0n) is 11.2. The van der Waals surface area contributed by atoms with Gasteiger partial charge >= 0.3 is 0 Å². The predicted octanol–water partition coefficient (Wildman–Crippen LogP) is 2.71. The summed E-state index contributed by atoms with van der Waals surface area (Å²) < 4.78 is 29.2. The number of hydrogen-bond acceptors (Lipinski definition) is 2. The standard InChI is InChI=1S/C14H17F2N3/c1-4-17-13(14-18-5-6-19(14)3)10-7-9(2)11(15)8-12(10)16/h5-8,13,17H,4H2,1-3H3. The van der Waals surface area contributed by atoms with E-state index in [0.717, 1.165) is 6.07 Å². The number of aryl methyl sites for hydroxylation is 2. The topological polar surface area (TPSA) is 29.9 Å². The highest BCUT2D eigenvalue weighted by atomic mass is 19.1. The highest BCUT2D eigenvalue weighted by Gasteiger charge is 2.21. The summed E-state index contributed by atoms with van der Waals surface area (Å²) in [6, 6.07) is 2.08. The van der Waals surface area contributed by atoms with Crippen molar-refractivity contribution in [3.63, 3.8) is 0 Å². The van der Waals surface area contributed by atoms with Gasteiger partial charge in [0, 0.05) is 31.1 Å². The quantitative estimate of drug-likeness (QED) is 0.921. The molecule has 2 rings (SSSR count). The van der Waals surface area contributed by atoms with Crippen LogP contribution in [0.1, 0.15) is 29.9 Å². The van der Waals surface area contributed by atoms with E-state index in [4.69, 9.17) is 0 Å². The lowest BCUT2D eigenvalue weighted by Gasteiger charge is -2.19. The Kier molecular flexibility index (Phi) is 3.95. The van der Waals surface area contributed by atoms with E-state index >= 15 is 0 Å². The minimum Gasteiger partial charge on any atom is -0.336 e. The lowest BCUT2D eigenvalue weighted by Crippen LogP contribution is -2.26. The largest absolute Gasteiger partial charge is 0.336 e. The summed E-state index contributed by atoms with van der Waals surface area (Å²) >= 11 is 0. The lowest BCUT2D eigenvalue weighted by molar-refractivity contribution is 0.519. The number of nitrogens with zero attached hydrogens (tertiary/aromatic N) is 2. The average Bonchev–Trinajstić information content (AvgIpc) is 2.77. The molecule has 5 heteroatoms. The zero-order chi connectivity index (χ0) is 14.0. The van der Waals surface area contributed by atoms with Crippen molar-refractivity contribution in [1.82, 2.24) is 14.9 Å². The van der Waals surface area contributed by atoms with Crippen molar-refractivity contribution < 1.29 is 8.78 Å². The van der Waals surface area contributed by atoms with Gasteiger partial charge in [-0.2, -0.15) is 0 Å². The highest BCUT2D eigenvalue weighted by Crippen LogP contribution is 2.25. The van der Waals surface area contributed by atoms with Crippen LogP contribution in [0.25, 0.3) is 0 Å². The van der Waals surface area contributed by atoms with Crippen molar-refractivity contribution in [2.24, 2.45) is 7.05 Å².